The quantitative estimate of drug-likeness (QED) is 0.822. The van der Waals surface area contributed by atoms with Crippen LogP contribution in [0.2, 0.25) is 0 Å². The molecule has 1 saturated heterocycles. The zero-order valence-electron chi connectivity index (χ0n) is 11.7. The van der Waals surface area contributed by atoms with E-state index in [2.05, 4.69) is 17.6 Å². The number of hydrogen-bond acceptors (Lipinski definition) is 2. The van der Waals surface area contributed by atoms with E-state index in [0.717, 1.165) is 29.7 Å². The summed E-state index contributed by atoms with van der Waals surface area (Å²) in [5.74, 6) is 4.08. The van der Waals surface area contributed by atoms with Gasteiger partial charge in [0.05, 0.1) is 0 Å². The van der Waals surface area contributed by atoms with Crippen LogP contribution in [0.1, 0.15) is 45.4 Å². The summed E-state index contributed by atoms with van der Waals surface area (Å²) in [6.07, 6.45) is 8.86. The molecule has 1 heterocycles. The van der Waals surface area contributed by atoms with E-state index in [4.69, 9.17) is 0 Å². The van der Waals surface area contributed by atoms with Gasteiger partial charge in [-0.1, -0.05) is 6.42 Å². The van der Waals surface area contributed by atoms with Crippen molar-refractivity contribution >= 4 is 12.4 Å². The van der Waals surface area contributed by atoms with Crippen LogP contribution in [-0.2, 0) is 0 Å². The van der Waals surface area contributed by atoms with Crippen molar-refractivity contribution in [3.63, 3.8) is 0 Å². The Bertz CT molecular complexity index is 253. The van der Waals surface area contributed by atoms with Crippen LogP contribution in [0.15, 0.2) is 0 Å². The van der Waals surface area contributed by atoms with Crippen molar-refractivity contribution in [2.75, 3.05) is 19.6 Å². The van der Waals surface area contributed by atoms with Crippen molar-refractivity contribution < 1.29 is 0 Å². The second-order valence-corrected chi connectivity index (χ2v) is 6.73. The van der Waals surface area contributed by atoms with E-state index in [1.807, 2.05) is 0 Å². The van der Waals surface area contributed by atoms with E-state index in [9.17, 15) is 0 Å². The summed E-state index contributed by atoms with van der Waals surface area (Å²) in [5, 5.41) is 7.30. The standard InChI is InChI=1S/C15H28N2.ClH/c1-11(15-9-13-2-3-14(15)8-13)17-10-12-4-6-16-7-5-12;/h11-17H,2-10H2,1H3;1H. The van der Waals surface area contributed by atoms with Gasteiger partial charge in [0.15, 0.2) is 0 Å². The third-order valence-electron chi connectivity index (χ3n) is 5.62. The van der Waals surface area contributed by atoms with Gasteiger partial charge < -0.3 is 10.6 Å². The lowest BCUT2D eigenvalue weighted by molar-refractivity contribution is 0.243. The van der Waals surface area contributed by atoms with E-state index in [1.165, 1.54) is 51.7 Å². The second-order valence-electron chi connectivity index (χ2n) is 6.73. The number of piperidine rings is 1. The van der Waals surface area contributed by atoms with Crippen molar-refractivity contribution in [3.8, 4) is 0 Å². The molecule has 2 saturated carbocycles. The van der Waals surface area contributed by atoms with E-state index >= 15 is 0 Å². The Morgan fingerprint density at radius 3 is 2.50 bits per heavy atom. The zero-order valence-corrected chi connectivity index (χ0v) is 12.5. The second kappa shape index (κ2) is 6.58. The lowest BCUT2D eigenvalue weighted by Gasteiger charge is -2.31. The Labute approximate surface area is 118 Å². The molecule has 2 bridgehead atoms. The number of hydrogen-bond donors (Lipinski definition) is 2. The first-order chi connectivity index (χ1) is 8.33. The molecule has 2 N–H and O–H groups in total. The molecule has 0 spiro atoms. The number of nitrogens with one attached hydrogen (secondary N) is 2. The van der Waals surface area contributed by atoms with Crippen molar-refractivity contribution in [2.45, 2.75) is 51.5 Å². The Morgan fingerprint density at radius 1 is 1.11 bits per heavy atom. The highest BCUT2D eigenvalue weighted by molar-refractivity contribution is 5.85. The van der Waals surface area contributed by atoms with E-state index in [0.29, 0.717) is 0 Å². The fourth-order valence-corrected chi connectivity index (χ4v) is 4.50. The molecule has 4 atom stereocenters. The summed E-state index contributed by atoms with van der Waals surface area (Å²) < 4.78 is 0. The maximum Gasteiger partial charge on any atom is 0.00698 e. The van der Waals surface area contributed by atoms with Gasteiger partial charge in [-0.25, -0.2) is 0 Å². The average Bonchev–Trinajstić information content (AvgIpc) is 2.99. The fraction of sp³-hybridized carbons (Fsp3) is 1.00. The highest BCUT2D eigenvalue weighted by Crippen LogP contribution is 2.49. The molecule has 0 amide bonds. The van der Waals surface area contributed by atoms with Gasteiger partial charge in [-0.05, 0) is 82.3 Å². The maximum atomic E-state index is 3.85. The minimum absolute atomic E-state index is 0. The molecular formula is C15H29ClN2. The Kier molecular flexibility index (Phi) is 5.35. The molecule has 106 valence electrons. The van der Waals surface area contributed by atoms with Gasteiger partial charge in [0.25, 0.3) is 0 Å². The number of halogens is 1. The molecule has 3 aliphatic rings. The minimum Gasteiger partial charge on any atom is -0.317 e. The van der Waals surface area contributed by atoms with Crippen LogP contribution in [0.4, 0.5) is 0 Å². The van der Waals surface area contributed by atoms with E-state index in [-0.39, 0.29) is 12.4 Å². The van der Waals surface area contributed by atoms with Gasteiger partial charge >= 0.3 is 0 Å². The summed E-state index contributed by atoms with van der Waals surface area (Å²) in [6, 6.07) is 0.764. The van der Waals surface area contributed by atoms with Crippen LogP contribution in [0.3, 0.4) is 0 Å². The summed E-state index contributed by atoms with van der Waals surface area (Å²) in [6.45, 7) is 6.16. The van der Waals surface area contributed by atoms with Crippen molar-refractivity contribution in [1.29, 1.82) is 0 Å². The molecular weight excluding hydrogens is 244 g/mol. The molecule has 0 radical (unpaired) electrons. The van der Waals surface area contributed by atoms with Gasteiger partial charge in [-0.3, -0.25) is 0 Å². The van der Waals surface area contributed by atoms with Gasteiger partial charge in [-0.2, -0.15) is 0 Å². The van der Waals surface area contributed by atoms with Crippen LogP contribution in [0, 0.1) is 23.7 Å². The normalized spacial score (nSPS) is 37.5. The zero-order chi connectivity index (χ0) is 11.7. The molecule has 3 heteroatoms. The average molecular weight is 273 g/mol. The lowest BCUT2D eigenvalue weighted by Crippen LogP contribution is -2.41. The lowest BCUT2D eigenvalue weighted by atomic mass is 9.83. The van der Waals surface area contributed by atoms with Gasteiger partial charge in [-0.15, -0.1) is 12.4 Å². The third kappa shape index (κ3) is 3.20. The fourth-order valence-electron chi connectivity index (χ4n) is 4.50. The van der Waals surface area contributed by atoms with Gasteiger partial charge in [0, 0.05) is 6.04 Å². The molecule has 0 aromatic heterocycles. The summed E-state index contributed by atoms with van der Waals surface area (Å²) in [5.41, 5.74) is 0. The third-order valence-corrected chi connectivity index (χ3v) is 5.62. The molecule has 0 aromatic carbocycles. The first-order valence-corrected chi connectivity index (χ1v) is 7.77. The summed E-state index contributed by atoms with van der Waals surface area (Å²) in [4.78, 5) is 0. The Morgan fingerprint density at radius 2 is 1.89 bits per heavy atom. The topological polar surface area (TPSA) is 24.1 Å². The molecule has 0 aromatic rings. The van der Waals surface area contributed by atoms with Crippen LogP contribution in [0.25, 0.3) is 0 Å². The molecule has 4 unspecified atom stereocenters. The first-order valence-electron chi connectivity index (χ1n) is 7.77. The summed E-state index contributed by atoms with van der Waals surface area (Å²) >= 11 is 0. The smallest absolute Gasteiger partial charge is 0.00698 e. The largest absolute Gasteiger partial charge is 0.317 e. The molecule has 3 fully saturated rings. The van der Waals surface area contributed by atoms with Crippen molar-refractivity contribution in [2.24, 2.45) is 23.7 Å². The Hall–Kier alpha value is 0.210. The highest BCUT2D eigenvalue weighted by atomic mass is 35.5. The predicted molar refractivity (Wildman–Crippen MR) is 79.2 cm³/mol. The number of fused-ring (bicyclic) bond motifs is 2. The van der Waals surface area contributed by atoms with E-state index < -0.39 is 0 Å². The van der Waals surface area contributed by atoms with Crippen LogP contribution in [-0.4, -0.2) is 25.7 Å². The Balaban J connectivity index is 0.00000120. The van der Waals surface area contributed by atoms with Crippen molar-refractivity contribution in [1.82, 2.24) is 10.6 Å². The number of rotatable bonds is 4. The molecule has 1 aliphatic heterocycles. The first kappa shape index (κ1) is 14.6. The molecule has 18 heavy (non-hydrogen) atoms. The minimum atomic E-state index is 0. The predicted octanol–water partition coefficient (Wildman–Crippen LogP) is 2.82. The molecule has 2 aliphatic carbocycles. The van der Waals surface area contributed by atoms with Crippen LogP contribution >= 0.6 is 12.4 Å². The van der Waals surface area contributed by atoms with Crippen molar-refractivity contribution in [3.05, 3.63) is 0 Å². The van der Waals surface area contributed by atoms with Crippen LogP contribution in [0.5, 0.6) is 0 Å². The monoisotopic (exact) mass is 272 g/mol. The molecule has 2 nitrogen and oxygen atoms in total. The summed E-state index contributed by atoms with van der Waals surface area (Å²) in [7, 11) is 0. The highest BCUT2D eigenvalue weighted by Gasteiger charge is 2.41. The SMILES string of the molecule is CC(NCC1CCNCC1)C1CC2CCC1C2.Cl. The molecule has 3 rings (SSSR count). The van der Waals surface area contributed by atoms with Gasteiger partial charge in [0.1, 0.15) is 0 Å². The van der Waals surface area contributed by atoms with Gasteiger partial charge in [0.2, 0.25) is 0 Å². The maximum absolute atomic E-state index is 3.85. The van der Waals surface area contributed by atoms with E-state index in [1.54, 1.807) is 6.42 Å². The van der Waals surface area contributed by atoms with Crippen LogP contribution < -0.4 is 10.6 Å².